The summed E-state index contributed by atoms with van der Waals surface area (Å²) in [6.07, 6.45) is 4.11. The molecule has 8 nitrogen and oxygen atoms in total. The number of rotatable bonds is 6. The molecule has 0 saturated carbocycles. The fourth-order valence-electron chi connectivity index (χ4n) is 3.78. The van der Waals surface area contributed by atoms with Crippen LogP contribution in [0.2, 0.25) is 0 Å². The molecule has 0 fully saturated rings. The Hall–Kier alpha value is -4.40. The third-order valence-corrected chi connectivity index (χ3v) is 5.41. The first-order valence-electron chi connectivity index (χ1n) is 10.6. The van der Waals surface area contributed by atoms with Gasteiger partial charge in [0.25, 0.3) is 5.88 Å². The highest BCUT2D eigenvalue weighted by atomic mass is 19.1. The number of aromatic nitrogens is 6. The van der Waals surface area contributed by atoms with Crippen molar-refractivity contribution in [1.82, 2.24) is 29.7 Å². The summed E-state index contributed by atoms with van der Waals surface area (Å²) in [5.74, 6) is -0.0173. The molecule has 34 heavy (non-hydrogen) atoms. The Balaban J connectivity index is 1.64. The van der Waals surface area contributed by atoms with Crippen molar-refractivity contribution >= 4 is 11.0 Å². The van der Waals surface area contributed by atoms with Crippen molar-refractivity contribution in [3.63, 3.8) is 0 Å². The van der Waals surface area contributed by atoms with Gasteiger partial charge in [0.2, 0.25) is 5.95 Å². The van der Waals surface area contributed by atoms with Gasteiger partial charge in [-0.05, 0) is 19.1 Å². The molecule has 0 amide bonds. The highest BCUT2D eigenvalue weighted by Crippen LogP contribution is 2.37. The molecule has 0 unspecified atom stereocenters. The van der Waals surface area contributed by atoms with E-state index in [0.29, 0.717) is 28.0 Å². The molecule has 5 rings (SSSR count). The second-order valence-electron chi connectivity index (χ2n) is 7.66. The fraction of sp³-hybridized carbons (Fsp3) is 0.160. The maximum Gasteiger partial charge on any atom is 0.258 e. The molecule has 1 aromatic carbocycles. The minimum absolute atomic E-state index is 0.201. The number of nitrogens with zero attached hydrogens (tertiary/aromatic N) is 6. The molecule has 5 aromatic rings. The Labute approximate surface area is 195 Å². The van der Waals surface area contributed by atoms with Crippen LogP contribution in [0.15, 0.2) is 67.3 Å². The third-order valence-electron chi connectivity index (χ3n) is 5.41. The molecule has 0 aliphatic heterocycles. The average Bonchev–Trinajstić information content (AvgIpc) is 3.25. The van der Waals surface area contributed by atoms with Gasteiger partial charge < -0.3 is 9.47 Å². The second-order valence-corrected chi connectivity index (χ2v) is 7.66. The fourth-order valence-corrected chi connectivity index (χ4v) is 3.78. The van der Waals surface area contributed by atoms with E-state index >= 15 is 0 Å². The molecule has 4 heterocycles. The van der Waals surface area contributed by atoms with Crippen LogP contribution in [-0.4, -0.2) is 36.8 Å². The minimum Gasteiger partial charge on any atom is -0.491 e. The van der Waals surface area contributed by atoms with Crippen molar-refractivity contribution in [3.05, 3.63) is 78.8 Å². The number of fused-ring (bicyclic) bond motifs is 1. The Morgan fingerprint density at radius 2 is 1.82 bits per heavy atom. The first-order valence-corrected chi connectivity index (χ1v) is 10.6. The van der Waals surface area contributed by atoms with Crippen molar-refractivity contribution in [2.75, 3.05) is 7.11 Å². The summed E-state index contributed by atoms with van der Waals surface area (Å²) in [5, 5.41) is 4.64. The van der Waals surface area contributed by atoms with E-state index < -0.39 is 12.1 Å². The Morgan fingerprint density at radius 1 is 1.00 bits per heavy atom. The zero-order valence-electron chi connectivity index (χ0n) is 18.8. The highest BCUT2D eigenvalue weighted by molar-refractivity contribution is 5.94. The van der Waals surface area contributed by atoms with Gasteiger partial charge in [-0.2, -0.15) is 9.49 Å². The van der Waals surface area contributed by atoms with Crippen LogP contribution in [0.3, 0.4) is 0 Å². The second kappa shape index (κ2) is 8.86. The van der Waals surface area contributed by atoms with E-state index in [4.69, 9.17) is 14.5 Å². The van der Waals surface area contributed by atoms with E-state index in [1.165, 1.54) is 19.6 Å². The summed E-state index contributed by atoms with van der Waals surface area (Å²) in [6, 6.07) is 14.9. The molecule has 0 N–H and O–H groups in total. The average molecular weight is 456 g/mol. The largest absolute Gasteiger partial charge is 0.491 e. The van der Waals surface area contributed by atoms with E-state index in [9.17, 15) is 4.39 Å². The zero-order chi connectivity index (χ0) is 23.7. The summed E-state index contributed by atoms with van der Waals surface area (Å²) in [4.78, 5) is 17.3. The summed E-state index contributed by atoms with van der Waals surface area (Å²) in [7, 11) is 3.37. The van der Waals surface area contributed by atoms with Crippen LogP contribution >= 0.6 is 0 Å². The number of halogens is 1. The lowest BCUT2D eigenvalue weighted by Crippen LogP contribution is -2.09. The number of aryl methyl sites for hydroxylation is 1. The Morgan fingerprint density at radius 3 is 2.59 bits per heavy atom. The standard InChI is InChI=1S/C25H21FN6O2/c1-15(17-10-7-11-27-24(17)26)34-25-20(33-3)12-19-23(30-25)22(29-14-28-19)18-13-32(2)31-21(18)16-8-5-4-6-9-16/h4-15H,1-3H3/t15-/m0/s1. The van der Waals surface area contributed by atoms with Gasteiger partial charge in [0, 0.05) is 42.2 Å². The summed E-state index contributed by atoms with van der Waals surface area (Å²) in [5.41, 5.74) is 4.54. The summed E-state index contributed by atoms with van der Waals surface area (Å²) in [6.45, 7) is 1.72. The van der Waals surface area contributed by atoms with E-state index in [-0.39, 0.29) is 5.88 Å². The van der Waals surface area contributed by atoms with E-state index in [1.54, 1.807) is 29.8 Å². The summed E-state index contributed by atoms with van der Waals surface area (Å²) < 4.78 is 27.5. The normalized spacial score (nSPS) is 12.0. The maximum absolute atomic E-state index is 14.2. The van der Waals surface area contributed by atoms with Crippen LogP contribution in [0.25, 0.3) is 33.5 Å². The van der Waals surface area contributed by atoms with Crippen LogP contribution in [0, 0.1) is 5.95 Å². The molecule has 0 bridgehead atoms. The van der Waals surface area contributed by atoms with Crippen LogP contribution in [-0.2, 0) is 7.05 Å². The first-order chi connectivity index (χ1) is 16.5. The zero-order valence-corrected chi connectivity index (χ0v) is 18.8. The van der Waals surface area contributed by atoms with Gasteiger partial charge in [-0.3, -0.25) is 4.68 Å². The number of hydrogen-bond donors (Lipinski definition) is 0. The van der Waals surface area contributed by atoms with Crippen molar-refractivity contribution in [1.29, 1.82) is 0 Å². The molecule has 0 radical (unpaired) electrons. The molecule has 9 heteroatoms. The van der Waals surface area contributed by atoms with Crippen molar-refractivity contribution in [2.45, 2.75) is 13.0 Å². The van der Waals surface area contributed by atoms with Gasteiger partial charge in [0.05, 0.1) is 12.6 Å². The first kappa shape index (κ1) is 21.4. The van der Waals surface area contributed by atoms with E-state index in [1.807, 2.05) is 43.6 Å². The van der Waals surface area contributed by atoms with Crippen molar-refractivity contribution in [3.8, 4) is 34.1 Å². The molecule has 0 aliphatic carbocycles. The molecular weight excluding hydrogens is 435 g/mol. The van der Waals surface area contributed by atoms with Gasteiger partial charge in [-0.25, -0.2) is 19.9 Å². The quantitative estimate of drug-likeness (QED) is 0.340. The summed E-state index contributed by atoms with van der Waals surface area (Å²) >= 11 is 0. The van der Waals surface area contributed by atoms with Crippen LogP contribution < -0.4 is 9.47 Å². The lowest BCUT2D eigenvalue weighted by atomic mass is 10.0. The van der Waals surface area contributed by atoms with Crippen LogP contribution in [0.4, 0.5) is 4.39 Å². The number of ether oxygens (including phenoxy) is 2. The Kier molecular flexibility index (Phi) is 5.59. The molecule has 1 atom stereocenters. The molecule has 4 aromatic heterocycles. The van der Waals surface area contributed by atoms with Crippen molar-refractivity contribution < 1.29 is 13.9 Å². The predicted molar refractivity (Wildman–Crippen MR) is 125 cm³/mol. The maximum atomic E-state index is 14.2. The van der Waals surface area contributed by atoms with Crippen LogP contribution in [0.1, 0.15) is 18.6 Å². The van der Waals surface area contributed by atoms with E-state index in [0.717, 1.165) is 16.8 Å². The van der Waals surface area contributed by atoms with Gasteiger partial charge >= 0.3 is 0 Å². The highest BCUT2D eigenvalue weighted by Gasteiger charge is 2.21. The van der Waals surface area contributed by atoms with Gasteiger partial charge in [-0.1, -0.05) is 30.3 Å². The lowest BCUT2D eigenvalue weighted by Gasteiger charge is -2.17. The molecule has 0 aliphatic rings. The molecular formula is C25H21FN6O2. The number of benzene rings is 1. The number of pyridine rings is 2. The third kappa shape index (κ3) is 3.92. The lowest BCUT2D eigenvalue weighted by molar-refractivity contribution is 0.201. The Bertz CT molecular complexity index is 1470. The molecule has 170 valence electrons. The van der Waals surface area contributed by atoms with Crippen LogP contribution in [0.5, 0.6) is 11.6 Å². The van der Waals surface area contributed by atoms with E-state index in [2.05, 4.69) is 20.1 Å². The predicted octanol–water partition coefficient (Wildman–Crippen LogP) is 4.78. The SMILES string of the molecule is COc1cc2ncnc(-c3cn(C)nc3-c3ccccc3)c2nc1O[C@@H](C)c1cccnc1F. The topological polar surface area (TPSA) is 87.8 Å². The molecule has 0 spiro atoms. The van der Waals surface area contributed by atoms with Gasteiger partial charge in [-0.15, -0.1) is 0 Å². The van der Waals surface area contributed by atoms with Crippen molar-refractivity contribution in [2.24, 2.45) is 7.05 Å². The van der Waals surface area contributed by atoms with Gasteiger partial charge in [0.1, 0.15) is 29.3 Å². The van der Waals surface area contributed by atoms with Gasteiger partial charge in [0.15, 0.2) is 5.75 Å². The monoisotopic (exact) mass is 456 g/mol. The number of methoxy groups -OCH3 is 1. The number of hydrogen-bond acceptors (Lipinski definition) is 7. The molecule has 0 saturated heterocycles. The minimum atomic E-state index is -0.654. The smallest absolute Gasteiger partial charge is 0.258 e.